The second kappa shape index (κ2) is 12.1. The monoisotopic (exact) mass is 375 g/mol. The molecule has 0 radical (unpaired) electrons. The minimum Gasteiger partial charge on any atom is -0.214 e. The first-order valence-electron chi connectivity index (χ1n) is 8.59. The Morgan fingerprint density at radius 1 is 0.808 bits per heavy atom. The summed E-state index contributed by atoms with van der Waals surface area (Å²) in [6.45, 7) is 0. The number of unbranched alkanes of at least 4 members (excludes halogenated alkanes) is 3. The van der Waals surface area contributed by atoms with E-state index in [1.165, 1.54) is 31.9 Å². The van der Waals surface area contributed by atoms with E-state index in [-0.39, 0.29) is 6.15 Å². The molecule has 0 saturated carbocycles. The van der Waals surface area contributed by atoms with Crippen molar-refractivity contribution in [1.82, 2.24) is 4.72 Å². The molecule has 0 unspecified atom stereocenters. The molecule has 0 atom stereocenters. The van der Waals surface area contributed by atoms with Gasteiger partial charge in [-0.25, -0.2) is 13.1 Å². The van der Waals surface area contributed by atoms with Gasteiger partial charge in [-0.2, -0.15) is 9.59 Å². The number of aryl methyl sites for hydroxylation is 2. The number of sulfonamides is 1. The van der Waals surface area contributed by atoms with Crippen molar-refractivity contribution in [2.45, 2.75) is 43.4 Å². The minimum absolute atomic E-state index is 0.250. The fraction of sp³-hybridized carbons (Fsp3) is 0.350. The van der Waals surface area contributed by atoms with E-state index in [0.717, 1.165) is 24.8 Å². The fourth-order valence-corrected chi connectivity index (χ4v) is 3.44. The van der Waals surface area contributed by atoms with Crippen LogP contribution in [-0.2, 0) is 32.5 Å². The third-order valence-corrected chi connectivity index (χ3v) is 5.41. The van der Waals surface area contributed by atoms with Crippen molar-refractivity contribution in [1.29, 1.82) is 0 Å². The highest BCUT2D eigenvalue weighted by atomic mass is 32.2. The van der Waals surface area contributed by atoms with Gasteiger partial charge in [0.2, 0.25) is 10.0 Å². The highest BCUT2D eigenvalue weighted by Gasteiger charge is 2.10. The summed E-state index contributed by atoms with van der Waals surface area (Å²) in [5.41, 5.74) is 2.49. The van der Waals surface area contributed by atoms with E-state index in [1.807, 2.05) is 18.2 Å². The molecular formula is C20H25NO4S. The molecule has 0 amide bonds. The molecule has 26 heavy (non-hydrogen) atoms. The molecule has 5 nitrogen and oxygen atoms in total. The first-order chi connectivity index (χ1) is 12.5. The van der Waals surface area contributed by atoms with Crippen LogP contribution in [-0.4, -0.2) is 21.6 Å². The first-order valence-corrected chi connectivity index (χ1v) is 10.1. The predicted molar refractivity (Wildman–Crippen MR) is 100 cm³/mol. The molecule has 0 fully saturated rings. The van der Waals surface area contributed by atoms with Crippen molar-refractivity contribution in [3.05, 3.63) is 65.7 Å². The smallest absolute Gasteiger partial charge is 0.214 e. The average Bonchev–Trinajstić information content (AvgIpc) is 2.66. The van der Waals surface area contributed by atoms with Gasteiger partial charge in [0.05, 0.1) is 4.90 Å². The quantitative estimate of drug-likeness (QED) is 0.682. The van der Waals surface area contributed by atoms with Gasteiger partial charge in [-0.15, -0.1) is 0 Å². The average molecular weight is 375 g/mol. The number of hydrogen-bond donors (Lipinski definition) is 1. The van der Waals surface area contributed by atoms with Gasteiger partial charge >= 0.3 is 6.15 Å². The van der Waals surface area contributed by atoms with Crippen LogP contribution in [0.1, 0.15) is 36.8 Å². The molecule has 0 aromatic heterocycles. The topological polar surface area (TPSA) is 80.3 Å². The van der Waals surface area contributed by atoms with Crippen LogP contribution < -0.4 is 4.72 Å². The van der Waals surface area contributed by atoms with Crippen LogP contribution in [0.2, 0.25) is 0 Å². The van der Waals surface area contributed by atoms with Gasteiger partial charge in [0, 0.05) is 0 Å². The maximum absolute atomic E-state index is 11.8. The summed E-state index contributed by atoms with van der Waals surface area (Å²) in [4.78, 5) is 16.6. The van der Waals surface area contributed by atoms with Crippen molar-refractivity contribution in [3.63, 3.8) is 0 Å². The third kappa shape index (κ3) is 8.21. The van der Waals surface area contributed by atoms with Crippen molar-refractivity contribution >= 4 is 16.2 Å². The maximum Gasteiger partial charge on any atom is 0.373 e. The Morgan fingerprint density at radius 2 is 1.35 bits per heavy atom. The summed E-state index contributed by atoms with van der Waals surface area (Å²) in [5.74, 6) is 0. The van der Waals surface area contributed by atoms with Crippen LogP contribution in [0, 0.1) is 0 Å². The number of nitrogens with one attached hydrogen (secondary N) is 1. The lowest BCUT2D eigenvalue weighted by molar-refractivity contribution is -0.191. The van der Waals surface area contributed by atoms with E-state index in [0.29, 0.717) is 4.90 Å². The highest BCUT2D eigenvalue weighted by molar-refractivity contribution is 7.89. The molecule has 6 heteroatoms. The van der Waals surface area contributed by atoms with Gasteiger partial charge in [-0.1, -0.05) is 55.3 Å². The lowest BCUT2D eigenvalue weighted by Crippen LogP contribution is -2.18. The van der Waals surface area contributed by atoms with Crippen molar-refractivity contribution in [2.24, 2.45) is 0 Å². The molecule has 1 N–H and O–H groups in total. The summed E-state index contributed by atoms with van der Waals surface area (Å²) < 4.78 is 25.9. The molecule has 0 aliphatic heterocycles. The van der Waals surface area contributed by atoms with Crippen LogP contribution in [0.15, 0.2) is 59.5 Å². The Bertz CT molecular complexity index is 782. The van der Waals surface area contributed by atoms with Crippen LogP contribution in [0.25, 0.3) is 0 Å². The van der Waals surface area contributed by atoms with Crippen LogP contribution in [0.4, 0.5) is 0 Å². The van der Waals surface area contributed by atoms with Crippen molar-refractivity contribution < 1.29 is 18.0 Å². The van der Waals surface area contributed by atoms with E-state index in [1.54, 1.807) is 12.1 Å². The number of carbonyl (C=O) groups excluding carboxylic acids is 2. The zero-order chi connectivity index (χ0) is 19.3. The Morgan fingerprint density at radius 3 is 1.92 bits per heavy atom. The lowest BCUT2D eigenvalue weighted by Gasteiger charge is -2.06. The van der Waals surface area contributed by atoms with E-state index in [9.17, 15) is 8.42 Å². The zero-order valence-electron chi connectivity index (χ0n) is 15.0. The number of hydrogen-bond acceptors (Lipinski definition) is 4. The number of rotatable bonds is 9. The van der Waals surface area contributed by atoms with Crippen LogP contribution in [0.3, 0.4) is 0 Å². The van der Waals surface area contributed by atoms with E-state index < -0.39 is 10.0 Å². The third-order valence-electron chi connectivity index (χ3n) is 4.00. The molecule has 0 aliphatic rings. The first kappa shape index (κ1) is 21.8. The molecule has 0 spiro atoms. The summed E-state index contributed by atoms with van der Waals surface area (Å²) in [7, 11) is -1.90. The van der Waals surface area contributed by atoms with Gasteiger partial charge in [-0.3, -0.25) is 0 Å². The van der Waals surface area contributed by atoms with E-state index in [4.69, 9.17) is 9.59 Å². The van der Waals surface area contributed by atoms with Crippen molar-refractivity contribution in [3.8, 4) is 0 Å². The standard InChI is InChI=1S/C19H25NO2S.CO2/c1-20-23(21,22)19-15-9-14-18(16-19)13-6-3-2-5-10-17-11-7-4-8-12-17;2-1-3/h4,7-9,11-12,14-16,20H,2-3,5-6,10,13H2,1H3;. The minimum atomic E-state index is -3.34. The van der Waals surface area contributed by atoms with Gasteiger partial charge in [0.25, 0.3) is 0 Å². The largest absolute Gasteiger partial charge is 0.373 e. The summed E-state index contributed by atoms with van der Waals surface area (Å²) in [6, 6.07) is 17.8. The normalized spacial score (nSPS) is 10.5. The molecule has 140 valence electrons. The summed E-state index contributed by atoms with van der Waals surface area (Å²) in [5, 5.41) is 0. The maximum atomic E-state index is 11.8. The molecule has 2 aromatic rings. The summed E-state index contributed by atoms with van der Waals surface area (Å²) >= 11 is 0. The SMILES string of the molecule is CNS(=O)(=O)c1cccc(CCCCCCc2ccccc2)c1.O=C=O. The number of benzene rings is 2. The van der Waals surface area contributed by atoms with Gasteiger partial charge in [0.1, 0.15) is 0 Å². The van der Waals surface area contributed by atoms with E-state index in [2.05, 4.69) is 29.0 Å². The molecule has 0 saturated heterocycles. The van der Waals surface area contributed by atoms with Gasteiger partial charge < -0.3 is 0 Å². The van der Waals surface area contributed by atoms with Gasteiger partial charge in [-0.05, 0) is 56.0 Å². The molecule has 2 rings (SSSR count). The second-order valence-corrected chi connectivity index (χ2v) is 7.72. The Labute approximate surface area is 155 Å². The Balaban J connectivity index is 0.00000105. The predicted octanol–water partition coefficient (Wildman–Crippen LogP) is 3.36. The highest BCUT2D eigenvalue weighted by Crippen LogP contribution is 2.14. The molecule has 0 bridgehead atoms. The lowest BCUT2D eigenvalue weighted by atomic mass is 10.0. The molecular weight excluding hydrogens is 350 g/mol. The molecule has 0 heterocycles. The van der Waals surface area contributed by atoms with Crippen molar-refractivity contribution in [2.75, 3.05) is 7.05 Å². The molecule has 0 aliphatic carbocycles. The van der Waals surface area contributed by atoms with Crippen LogP contribution in [0.5, 0.6) is 0 Å². The second-order valence-electron chi connectivity index (χ2n) is 5.84. The summed E-state index contributed by atoms with van der Waals surface area (Å²) in [6.07, 6.45) is 7.00. The van der Waals surface area contributed by atoms with Crippen LogP contribution >= 0.6 is 0 Å². The zero-order valence-corrected chi connectivity index (χ0v) is 15.8. The van der Waals surface area contributed by atoms with E-state index >= 15 is 0 Å². The molecule has 2 aromatic carbocycles. The Kier molecular flexibility index (Phi) is 10.2. The Hall–Kier alpha value is -2.27. The fourth-order valence-electron chi connectivity index (χ4n) is 2.64. The van der Waals surface area contributed by atoms with Gasteiger partial charge in [0.15, 0.2) is 0 Å².